The topological polar surface area (TPSA) is 78.9 Å². The van der Waals surface area contributed by atoms with Crippen molar-refractivity contribution in [2.45, 2.75) is 335 Å². The Morgan fingerprint density at radius 3 is 0.772 bits per heavy atom. The lowest BCUT2D eigenvalue weighted by atomic mass is 10.0. The molecule has 6 nitrogen and oxygen atoms in total. The van der Waals surface area contributed by atoms with Crippen LogP contribution in [0, 0.1) is 0 Å². The van der Waals surface area contributed by atoms with E-state index >= 15 is 0 Å². The minimum Gasteiger partial charge on any atom is -0.462 e. The average molecular weight is 1100 g/mol. The molecule has 1 atom stereocenters. The van der Waals surface area contributed by atoms with Gasteiger partial charge in [-0.3, -0.25) is 14.4 Å². The third-order valence-electron chi connectivity index (χ3n) is 14.6. The molecule has 0 saturated carbocycles. The van der Waals surface area contributed by atoms with E-state index in [1.807, 2.05) is 0 Å². The number of rotatable bonds is 61. The Hall–Kier alpha value is -3.67. The highest BCUT2D eigenvalue weighted by Gasteiger charge is 2.19. The van der Waals surface area contributed by atoms with Gasteiger partial charge in [0.25, 0.3) is 0 Å². The Morgan fingerprint density at radius 2 is 0.494 bits per heavy atom. The van der Waals surface area contributed by atoms with Crippen LogP contribution in [0.15, 0.2) is 97.2 Å². The molecule has 454 valence electrons. The summed E-state index contributed by atoms with van der Waals surface area (Å²) in [6.45, 7) is 6.54. The Kier molecular flexibility index (Phi) is 63.7. The van der Waals surface area contributed by atoms with Crippen molar-refractivity contribution < 1.29 is 28.6 Å². The molecular weight excluding hydrogens is 973 g/mol. The van der Waals surface area contributed by atoms with Crippen LogP contribution in [0.2, 0.25) is 0 Å². The number of ether oxygens (including phenoxy) is 3. The molecule has 0 bridgehead atoms. The van der Waals surface area contributed by atoms with Crippen LogP contribution in [-0.2, 0) is 28.6 Å². The van der Waals surface area contributed by atoms with Crippen molar-refractivity contribution in [1.82, 2.24) is 0 Å². The SMILES string of the molecule is CC/C=C\C/C=C\C/C=C\C/C=C\C/C=C\C/C=C\CCCCCCCCC(=O)OCC(COC(=O)CCCCCCCCCCCCCCC)OC(=O)CCCCCCCCCCCCC/C=C\C/C=C\CCCCCCC. The van der Waals surface area contributed by atoms with Gasteiger partial charge < -0.3 is 14.2 Å². The van der Waals surface area contributed by atoms with E-state index in [2.05, 4.69) is 118 Å². The normalized spacial score (nSPS) is 12.7. The summed E-state index contributed by atoms with van der Waals surface area (Å²) in [5, 5.41) is 0. The molecule has 0 aromatic rings. The molecule has 0 amide bonds. The monoisotopic (exact) mass is 1100 g/mol. The van der Waals surface area contributed by atoms with Crippen molar-refractivity contribution in [2.24, 2.45) is 0 Å². The predicted octanol–water partition coefficient (Wildman–Crippen LogP) is 23.2. The summed E-state index contributed by atoms with van der Waals surface area (Å²) in [6.07, 6.45) is 89.8. The fourth-order valence-corrected chi connectivity index (χ4v) is 9.54. The fourth-order valence-electron chi connectivity index (χ4n) is 9.54. The van der Waals surface area contributed by atoms with Gasteiger partial charge in [0.1, 0.15) is 13.2 Å². The lowest BCUT2D eigenvalue weighted by Gasteiger charge is -2.18. The maximum absolute atomic E-state index is 12.9. The summed E-state index contributed by atoms with van der Waals surface area (Å²) in [5.41, 5.74) is 0. The quantitative estimate of drug-likeness (QED) is 0.0261. The molecule has 0 aliphatic heterocycles. The largest absolute Gasteiger partial charge is 0.462 e. The van der Waals surface area contributed by atoms with Crippen LogP contribution in [0.25, 0.3) is 0 Å². The van der Waals surface area contributed by atoms with E-state index in [0.717, 1.165) is 116 Å². The van der Waals surface area contributed by atoms with Gasteiger partial charge >= 0.3 is 17.9 Å². The number of esters is 3. The van der Waals surface area contributed by atoms with Crippen molar-refractivity contribution in [3.05, 3.63) is 97.2 Å². The van der Waals surface area contributed by atoms with Gasteiger partial charge in [0.05, 0.1) is 0 Å². The van der Waals surface area contributed by atoms with E-state index in [4.69, 9.17) is 14.2 Å². The molecule has 0 aromatic carbocycles. The first kappa shape index (κ1) is 75.3. The van der Waals surface area contributed by atoms with Gasteiger partial charge in [-0.25, -0.2) is 0 Å². The number of hydrogen-bond acceptors (Lipinski definition) is 6. The molecule has 79 heavy (non-hydrogen) atoms. The Balaban J connectivity index is 4.35. The maximum atomic E-state index is 12.9. The highest BCUT2D eigenvalue weighted by Crippen LogP contribution is 2.17. The van der Waals surface area contributed by atoms with Crippen LogP contribution >= 0.6 is 0 Å². The van der Waals surface area contributed by atoms with Gasteiger partial charge in [0.15, 0.2) is 6.10 Å². The third kappa shape index (κ3) is 65.0. The smallest absolute Gasteiger partial charge is 0.306 e. The molecule has 0 radical (unpaired) electrons. The van der Waals surface area contributed by atoms with E-state index in [-0.39, 0.29) is 31.1 Å². The van der Waals surface area contributed by atoms with Gasteiger partial charge in [-0.05, 0) is 103 Å². The van der Waals surface area contributed by atoms with Gasteiger partial charge in [-0.2, -0.15) is 0 Å². The van der Waals surface area contributed by atoms with Crippen LogP contribution in [0.1, 0.15) is 329 Å². The van der Waals surface area contributed by atoms with Crippen molar-refractivity contribution in [2.75, 3.05) is 13.2 Å². The summed E-state index contributed by atoms with van der Waals surface area (Å²) in [6, 6.07) is 0. The van der Waals surface area contributed by atoms with E-state index in [9.17, 15) is 14.4 Å². The predicted molar refractivity (Wildman–Crippen MR) is 344 cm³/mol. The number of allylic oxidation sites excluding steroid dienone is 16. The standard InChI is InChI=1S/C73H126O6/c1-4-7-10-13-16-19-22-25-27-29-31-33-35-36-38-39-41-43-45-48-51-54-57-60-63-66-72(75)78-69-70(68-77-71(74)65-62-59-56-53-50-47-24-21-18-15-12-9-6-3)79-73(76)67-64-61-58-55-52-49-46-44-42-40-37-34-32-30-28-26-23-20-17-14-11-8-5-2/h7,10,16,19,23,25-27,30-33,36,38,41,43,70H,4-6,8-9,11-15,17-18,20-22,24,28-29,34-35,37,39-40,42,44-69H2,1-3H3/b10-7-,19-16-,26-23-,27-25-,32-30-,33-31-,38-36-,43-41-. The Morgan fingerprint density at radius 1 is 0.266 bits per heavy atom. The average Bonchev–Trinajstić information content (AvgIpc) is 3.45. The molecule has 0 aromatic heterocycles. The summed E-state index contributed by atoms with van der Waals surface area (Å²) in [7, 11) is 0. The summed E-state index contributed by atoms with van der Waals surface area (Å²) < 4.78 is 17.0. The molecule has 0 fully saturated rings. The molecule has 0 rings (SSSR count). The highest BCUT2D eigenvalue weighted by molar-refractivity contribution is 5.71. The lowest BCUT2D eigenvalue weighted by Crippen LogP contribution is -2.30. The van der Waals surface area contributed by atoms with E-state index in [0.29, 0.717) is 19.3 Å². The molecule has 0 aliphatic carbocycles. The number of unbranched alkanes of at least 4 members (excludes halogenated alkanes) is 34. The first-order chi connectivity index (χ1) is 39.0. The minimum atomic E-state index is -0.786. The summed E-state index contributed by atoms with van der Waals surface area (Å²) >= 11 is 0. The maximum Gasteiger partial charge on any atom is 0.306 e. The molecule has 6 heteroatoms. The molecule has 1 unspecified atom stereocenters. The Bertz CT molecular complexity index is 1540. The van der Waals surface area contributed by atoms with Gasteiger partial charge in [-0.15, -0.1) is 0 Å². The van der Waals surface area contributed by atoms with Crippen LogP contribution in [0.4, 0.5) is 0 Å². The molecule has 0 saturated heterocycles. The van der Waals surface area contributed by atoms with Crippen molar-refractivity contribution in [3.8, 4) is 0 Å². The second kappa shape index (κ2) is 66.8. The second-order valence-corrected chi connectivity index (χ2v) is 22.4. The van der Waals surface area contributed by atoms with Gasteiger partial charge in [-0.1, -0.05) is 304 Å². The van der Waals surface area contributed by atoms with Crippen molar-refractivity contribution in [3.63, 3.8) is 0 Å². The number of carbonyl (C=O) groups is 3. The second-order valence-electron chi connectivity index (χ2n) is 22.4. The van der Waals surface area contributed by atoms with Crippen molar-refractivity contribution in [1.29, 1.82) is 0 Å². The molecule has 0 heterocycles. The summed E-state index contributed by atoms with van der Waals surface area (Å²) in [5.74, 6) is -0.884. The fraction of sp³-hybridized carbons (Fsp3) is 0.740. The third-order valence-corrected chi connectivity index (χ3v) is 14.6. The molecule has 0 spiro atoms. The van der Waals surface area contributed by atoms with Gasteiger partial charge in [0, 0.05) is 19.3 Å². The number of carbonyl (C=O) groups excluding carboxylic acids is 3. The van der Waals surface area contributed by atoms with Crippen molar-refractivity contribution >= 4 is 17.9 Å². The van der Waals surface area contributed by atoms with Crippen LogP contribution in [0.5, 0.6) is 0 Å². The zero-order chi connectivity index (χ0) is 57.1. The molecule has 0 aliphatic rings. The minimum absolute atomic E-state index is 0.0802. The van der Waals surface area contributed by atoms with Crippen LogP contribution in [-0.4, -0.2) is 37.2 Å². The molecule has 0 N–H and O–H groups in total. The van der Waals surface area contributed by atoms with Gasteiger partial charge in [0.2, 0.25) is 0 Å². The van der Waals surface area contributed by atoms with Crippen LogP contribution < -0.4 is 0 Å². The first-order valence-corrected chi connectivity index (χ1v) is 33.7. The van der Waals surface area contributed by atoms with Crippen LogP contribution in [0.3, 0.4) is 0 Å². The first-order valence-electron chi connectivity index (χ1n) is 33.7. The molecular formula is C73H126O6. The number of hydrogen-bond donors (Lipinski definition) is 0. The van der Waals surface area contributed by atoms with E-state index < -0.39 is 6.10 Å². The van der Waals surface area contributed by atoms with E-state index in [1.165, 1.54) is 173 Å². The van der Waals surface area contributed by atoms with E-state index in [1.54, 1.807) is 0 Å². The highest BCUT2D eigenvalue weighted by atomic mass is 16.6. The Labute approximate surface area is 489 Å². The zero-order valence-corrected chi connectivity index (χ0v) is 52.1. The summed E-state index contributed by atoms with van der Waals surface area (Å²) in [4.78, 5) is 38.4. The lowest BCUT2D eigenvalue weighted by molar-refractivity contribution is -0.167. The zero-order valence-electron chi connectivity index (χ0n) is 52.1.